The molecule has 0 aliphatic rings. The average Bonchev–Trinajstić information content (AvgIpc) is 2.42. The van der Waals surface area contributed by atoms with Gasteiger partial charge in [-0.1, -0.05) is 64.7 Å². The van der Waals surface area contributed by atoms with Crippen molar-refractivity contribution in [1.82, 2.24) is 0 Å². The SMILES string of the molecule is CCCCCCCCCCCCOC(=O)CCC(=O)O. The van der Waals surface area contributed by atoms with Gasteiger partial charge in [-0.2, -0.15) is 0 Å². The zero-order valence-corrected chi connectivity index (χ0v) is 12.9. The molecule has 0 radical (unpaired) electrons. The van der Waals surface area contributed by atoms with Gasteiger partial charge >= 0.3 is 11.9 Å². The Labute approximate surface area is 122 Å². The number of ether oxygens (including phenoxy) is 1. The van der Waals surface area contributed by atoms with Gasteiger partial charge in [0.1, 0.15) is 0 Å². The predicted molar refractivity (Wildman–Crippen MR) is 79.7 cm³/mol. The summed E-state index contributed by atoms with van der Waals surface area (Å²) in [4.78, 5) is 21.4. The maximum Gasteiger partial charge on any atom is 0.306 e. The Kier molecular flexibility index (Phi) is 13.6. The summed E-state index contributed by atoms with van der Waals surface area (Å²) in [5, 5.41) is 8.41. The fourth-order valence-corrected chi connectivity index (χ4v) is 2.06. The first-order valence-electron chi connectivity index (χ1n) is 8.04. The van der Waals surface area contributed by atoms with E-state index in [0.29, 0.717) is 6.61 Å². The zero-order chi connectivity index (χ0) is 15.1. The second kappa shape index (κ2) is 14.4. The first kappa shape index (κ1) is 18.9. The maximum absolute atomic E-state index is 11.1. The highest BCUT2D eigenvalue weighted by Crippen LogP contribution is 2.10. The van der Waals surface area contributed by atoms with Crippen molar-refractivity contribution < 1.29 is 19.4 Å². The van der Waals surface area contributed by atoms with E-state index in [2.05, 4.69) is 6.92 Å². The summed E-state index contributed by atoms with van der Waals surface area (Å²) in [5.41, 5.74) is 0. The molecule has 4 heteroatoms. The standard InChI is InChI=1S/C16H30O4/c1-2-3-4-5-6-7-8-9-10-11-14-20-16(19)13-12-15(17)18/h2-14H2,1H3,(H,17,18). The summed E-state index contributed by atoms with van der Waals surface area (Å²) in [6, 6.07) is 0. The predicted octanol–water partition coefficient (Wildman–Crippen LogP) is 4.32. The molecular weight excluding hydrogens is 256 g/mol. The molecule has 0 fully saturated rings. The number of hydrogen-bond acceptors (Lipinski definition) is 3. The minimum absolute atomic E-state index is 0.0207. The highest BCUT2D eigenvalue weighted by atomic mass is 16.5. The van der Waals surface area contributed by atoms with Crippen molar-refractivity contribution in [3.05, 3.63) is 0 Å². The van der Waals surface area contributed by atoms with Crippen molar-refractivity contribution in [2.75, 3.05) is 6.61 Å². The third-order valence-electron chi connectivity index (χ3n) is 3.30. The highest BCUT2D eigenvalue weighted by molar-refractivity contribution is 5.76. The van der Waals surface area contributed by atoms with Crippen LogP contribution in [-0.4, -0.2) is 23.7 Å². The molecule has 0 bridgehead atoms. The van der Waals surface area contributed by atoms with Gasteiger partial charge in [0.2, 0.25) is 0 Å². The number of carbonyl (C=O) groups excluding carboxylic acids is 1. The van der Waals surface area contributed by atoms with E-state index in [1.807, 2.05) is 0 Å². The second-order valence-electron chi connectivity index (χ2n) is 5.30. The molecule has 0 aromatic rings. The number of carbonyl (C=O) groups is 2. The van der Waals surface area contributed by atoms with Gasteiger partial charge < -0.3 is 9.84 Å². The Morgan fingerprint density at radius 3 is 1.80 bits per heavy atom. The maximum atomic E-state index is 11.1. The number of esters is 1. The lowest BCUT2D eigenvalue weighted by molar-refractivity contribution is -0.147. The zero-order valence-electron chi connectivity index (χ0n) is 12.9. The molecule has 4 nitrogen and oxygen atoms in total. The van der Waals surface area contributed by atoms with Gasteiger partial charge in [0.05, 0.1) is 19.4 Å². The molecule has 0 saturated heterocycles. The van der Waals surface area contributed by atoms with Crippen LogP contribution in [0.5, 0.6) is 0 Å². The van der Waals surface area contributed by atoms with E-state index in [0.717, 1.165) is 12.8 Å². The first-order chi connectivity index (χ1) is 9.66. The monoisotopic (exact) mass is 286 g/mol. The number of unbranched alkanes of at least 4 members (excludes halogenated alkanes) is 9. The molecule has 0 atom stereocenters. The Balaban J connectivity index is 3.12. The van der Waals surface area contributed by atoms with E-state index in [4.69, 9.17) is 9.84 Å². The topological polar surface area (TPSA) is 63.6 Å². The molecule has 0 aliphatic heterocycles. The average molecular weight is 286 g/mol. The van der Waals surface area contributed by atoms with Gasteiger partial charge in [0.25, 0.3) is 0 Å². The lowest BCUT2D eigenvalue weighted by atomic mass is 10.1. The lowest BCUT2D eigenvalue weighted by Gasteiger charge is -2.04. The Morgan fingerprint density at radius 1 is 0.800 bits per heavy atom. The van der Waals surface area contributed by atoms with Gasteiger partial charge in [-0.05, 0) is 6.42 Å². The summed E-state index contributed by atoms with van der Waals surface area (Å²) in [6.45, 7) is 2.66. The summed E-state index contributed by atoms with van der Waals surface area (Å²) in [5.74, 6) is -1.36. The number of aliphatic carboxylic acids is 1. The Morgan fingerprint density at radius 2 is 1.30 bits per heavy atom. The Bertz CT molecular complexity index is 251. The van der Waals surface area contributed by atoms with Crippen molar-refractivity contribution >= 4 is 11.9 Å². The minimum Gasteiger partial charge on any atom is -0.481 e. The molecule has 0 amide bonds. The molecule has 0 heterocycles. The van der Waals surface area contributed by atoms with E-state index in [1.54, 1.807) is 0 Å². The van der Waals surface area contributed by atoms with Gasteiger partial charge in [0, 0.05) is 0 Å². The van der Waals surface area contributed by atoms with Crippen LogP contribution in [0.3, 0.4) is 0 Å². The van der Waals surface area contributed by atoms with E-state index in [1.165, 1.54) is 51.4 Å². The molecular formula is C16H30O4. The molecule has 0 rings (SSSR count). The quantitative estimate of drug-likeness (QED) is 0.381. The third-order valence-corrected chi connectivity index (χ3v) is 3.30. The normalized spacial score (nSPS) is 10.4. The van der Waals surface area contributed by atoms with E-state index in [-0.39, 0.29) is 12.8 Å². The molecule has 0 aromatic heterocycles. The van der Waals surface area contributed by atoms with Crippen LogP contribution in [0.25, 0.3) is 0 Å². The summed E-state index contributed by atoms with van der Waals surface area (Å²) in [7, 11) is 0. The fraction of sp³-hybridized carbons (Fsp3) is 0.875. The molecule has 1 N–H and O–H groups in total. The highest BCUT2D eigenvalue weighted by Gasteiger charge is 2.05. The van der Waals surface area contributed by atoms with Crippen LogP contribution in [0.4, 0.5) is 0 Å². The van der Waals surface area contributed by atoms with Crippen molar-refractivity contribution in [2.24, 2.45) is 0 Å². The van der Waals surface area contributed by atoms with Crippen LogP contribution >= 0.6 is 0 Å². The van der Waals surface area contributed by atoms with Crippen LogP contribution in [-0.2, 0) is 14.3 Å². The van der Waals surface area contributed by atoms with Crippen molar-refractivity contribution in [1.29, 1.82) is 0 Å². The second-order valence-corrected chi connectivity index (χ2v) is 5.30. The fourth-order valence-electron chi connectivity index (χ4n) is 2.06. The van der Waals surface area contributed by atoms with Gasteiger partial charge in [-0.15, -0.1) is 0 Å². The van der Waals surface area contributed by atoms with E-state index in [9.17, 15) is 9.59 Å². The number of carboxylic acids is 1. The number of hydrogen-bond donors (Lipinski definition) is 1. The van der Waals surface area contributed by atoms with Crippen LogP contribution < -0.4 is 0 Å². The summed E-state index contributed by atoms with van der Waals surface area (Å²) in [6.07, 6.45) is 12.3. The number of rotatable bonds is 14. The molecule has 118 valence electrons. The molecule has 0 saturated carbocycles. The van der Waals surface area contributed by atoms with Crippen LogP contribution in [0.15, 0.2) is 0 Å². The van der Waals surface area contributed by atoms with Gasteiger partial charge in [-0.25, -0.2) is 0 Å². The van der Waals surface area contributed by atoms with Crippen molar-refractivity contribution in [3.8, 4) is 0 Å². The first-order valence-corrected chi connectivity index (χ1v) is 8.04. The van der Waals surface area contributed by atoms with Crippen LogP contribution in [0.1, 0.15) is 84.0 Å². The van der Waals surface area contributed by atoms with E-state index >= 15 is 0 Å². The van der Waals surface area contributed by atoms with Crippen LogP contribution in [0, 0.1) is 0 Å². The van der Waals surface area contributed by atoms with Crippen LogP contribution in [0.2, 0.25) is 0 Å². The molecule has 20 heavy (non-hydrogen) atoms. The molecule has 0 aliphatic carbocycles. The number of carboxylic acid groups (broad SMARTS) is 1. The molecule has 0 spiro atoms. The largest absolute Gasteiger partial charge is 0.481 e. The van der Waals surface area contributed by atoms with Gasteiger partial charge in [0.15, 0.2) is 0 Å². The summed E-state index contributed by atoms with van der Waals surface area (Å²) < 4.78 is 4.96. The molecule has 0 unspecified atom stereocenters. The van der Waals surface area contributed by atoms with Gasteiger partial charge in [-0.3, -0.25) is 9.59 Å². The van der Waals surface area contributed by atoms with Crippen molar-refractivity contribution in [2.45, 2.75) is 84.0 Å². The third kappa shape index (κ3) is 15.0. The van der Waals surface area contributed by atoms with Crippen molar-refractivity contribution in [3.63, 3.8) is 0 Å². The Hall–Kier alpha value is -1.06. The minimum atomic E-state index is -0.958. The summed E-state index contributed by atoms with van der Waals surface area (Å²) >= 11 is 0. The van der Waals surface area contributed by atoms with E-state index < -0.39 is 11.9 Å². The lowest BCUT2D eigenvalue weighted by Crippen LogP contribution is -2.08. The smallest absolute Gasteiger partial charge is 0.306 e. The molecule has 0 aromatic carbocycles.